The molecule has 1 fully saturated rings. The molecular formula is C22H22F3N3O2. The molecule has 0 atom stereocenters. The van der Waals surface area contributed by atoms with Gasteiger partial charge in [-0.3, -0.25) is 4.99 Å². The van der Waals surface area contributed by atoms with Crippen LogP contribution in [0.2, 0.25) is 0 Å². The highest BCUT2D eigenvalue weighted by Crippen LogP contribution is 2.37. The lowest BCUT2D eigenvalue weighted by molar-refractivity contribution is -0.136. The summed E-state index contributed by atoms with van der Waals surface area (Å²) in [4.78, 5) is 7.00. The number of fused-ring (bicyclic) bond motifs is 1. The highest BCUT2D eigenvalue weighted by Gasteiger charge is 2.34. The number of nitrogens with one attached hydrogen (secondary N) is 2. The molecule has 0 saturated carbocycles. The molecule has 3 N–H and O–H groups in total. The van der Waals surface area contributed by atoms with Crippen LogP contribution < -0.4 is 5.32 Å². The van der Waals surface area contributed by atoms with Gasteiger partial charge in [-0.1, -0.05) is 18.2 Å². The summed E-state index contributed by atoms with van der Waals surface area (Å²) in [6.45, 7) is 1.76. The average Bonchev–Trinajstić information content (AvgIpc) is 3.06. The topological polar surface area (TPSA) is 69.6 Å². The Hall–Kier alpha value is -3.00. The van der Waals surface area contributed by atoms with Gasteiger partial charge in [0.25, 0.3) is 0 Å². The maximum Gasteiger partial charge on any atom is 0.418 e. The minimum atomic E-state index is -4.51. The maximum atomic E-state index is 13.6. The molecule has 4 rings (SSSR count). The second-order valence-corrected chi connectivity index (χ2v) is 7.36. The number of hydrogen-bond donors (Lipinski definition) is 3. The quantitative estimate of drug-likeness (QED) is 0.482. The molecule has 1 aliphatic heterocycles. The lowest BCUT2D eigenvalue weighted by atomic mass is 10.00. The summed E-state index contributed by atoms with van der Waals surface area (Å²) in [6.07, 6.45) is -1.46. The van der Waals surface area contributed by atoms with E-state index in [1.54, 1.807) is 12.1 Å². The van der Waals surface area contributed by atoms with Crippen molar-refractivity contribution < 1.29 is 23.0 Å². The van der Waals surface area contributed by atoms with E-state index in [0.717, 1.165) is 29.8 Å². The van der Waals surface area contributed by atoms with E-state index in [0.29, 0.717) is 31.2 Å². The van der Waals surface area contributed by atoms with Crippen LogP contribution in [0.4, 0.5) is 24.5 Å². The van der Waals surface area contributed by atoms with Crippen molar-refractivity contribution in [2.24, 2.45) is 10.9 Å². The van der Waals surface area contributed by atoms with Crippen LogP contribution in [-0.4, -0.2) is 36.1 Å². The zero-order chi connectivity index (χ0) is 21.1. The van der Waals surface area contributed by atoms with Crippen molar-refractivity contribution in [1.82, 2.24) is 4.98 Å². The van der Waals surface area contributed by atoms with Crippen LogP contribution in [-0.2, 0) is 10.9 Å². The molecule has 0 bridgehead atoms. The minimum absolute atomic E-state index is 0.0443. The van der Waals surface area contributed by atoms with Crippen LogP contribution in [0.1, 0.15) is 24.0 Å². The molecule has 0 unspecified atom stereocenters. The van der Waals surface area contributed by atoms with Gasteiger partial charge in [-0.15, -0.1) is 0 Å². The fraction of sp³-hybridized carbons (Fsp3) is 0.318. The molecule has 2 aromatic carbocycles. The first-order chi connectivity index (χ1) is 14.4. The Labute approximate surface area is 171 Å². The lowest BCUT2D eigenvalue weighted by Crippen LogP contribution is -2.23. The number of nitrogens with zero attached hydrogens (tertiary/aromatic N) is 1. The Morgan fingerprint density at radius 2 is 1.93 bits per heavy atom. The predicted octanol–water partition coefficient (Wildman–Crippen LogP) is 5.48. The zero-order valence-electron chi connectivity index (χ0n) is 16.2. The molecule has 1 aliphatic rings. The van der Waals surface area contributed by atoms with Crippen molar-refractivity contribution in [3.8, 4) is 5.88 Å². The van der Waals surface area contributed by atoms with Crippen LogP contribution in [0.5, 0.6) is 5.88 Å². The van der Waals surface area contributed by atoms with Crippen molar-refractivity contribution in [3.05, 3.63) is 53.6 Å². The average molecular weight is 417 g/mol. The van der Waals surface area contributed by atoms with Crippen molar-refractivity contribution in [2.75, 3.05) is 25.1 Å². The molecule has 5 nitrogen and oxygen atoms in total. The molecule has 158 valence electrons. The molecule has 30 heavy (non-hydrogen) atoms. The smallest absolute Gasteiger partial charge is 0.418 e. The van der Waals surface area contributed by atoms with Crippen LogP contribution in [0.3, 0.4) is 0 Å². The standard InChI is InChI=1S/C22H22F3N3O2/c23-22(24,25)18-11-15(5-6-20(18)27-12-14-7-9-30-10-8-14)26-13-17-16-3-1-2-4-19(16)28-21(17)29/h1-6,11,13-14,27-29H,7-10,12H2. The van der Waals surface area contributed by atoms with E-state index in [2.05, 4.69) is 15.3 Å². The van der Waals surface area contributed by atoms with Crippen LogP contribution in [0.25, 0.3) is 10.9 Å². The number of aromatic hydroxyl groups is 1. The highest BCUT2D eigenvalue weighted by atomic mass is 19.4. The SMILES string of the molecule is Oc1[nH]c2ccccc2c1C=Nc1ccc(NCC2CCOCC2)c(C(F)(F)F)c1. The Kier molecular flexibility index (Phi) is 5.67. The molecule has 3 aromatic rings. The van der Waals surface area contributed by atoms with Gasteiger partial charge in [0.1, 0.15) is 0 Å². The second kappa shape index (κ2) is 8.39. The van der Waals surface area contributed by atoms with E-state index < -0.39 is 11.7 Å². The van der Waals surface area contributed by atoms with Crippen LogP contribution in [0, 0.1) is 5.92 Å². The Bertz CT molecular complexity index is 1050. The Morgan fingerprint density at radius 1 is 1.17 bits per heavy atom. The van der Waals surface area contributed by atoms with Gasteiger partial charge in [-0.2, -0.15) is 13.2 Å². The summed E-state index contributed by atoms with van der Waals surface area (Å²) in [7, 11) is 0. The largest absolute Gasteiger partial charge is 0.494 e. The van der Waals surface area contributed by atoms with Gasteiger partial charge in [0, 0.05) is 42.6 Å². The van der Waals surface area contributed by atoms with Gasteiger partial charge in [-0.25, -0.2) is 0 Å². The van der Waals surface area contributed by atoms with E-state index in [1.165, 1.54) is 18.3 Å². The number of hydrogen-bond acceptors (Lipinski definition) is 4. The van der Waals surface area contributed by atoms with Crippen LogP contribution in [0.15, 0.2) is 47.5 Å². The van der Waals surface area contributed by atoms with E-state index >= 15 is 0 Å². The van der Waals surface area contributed by atoms with Crippen molar-refractivity contribution in [3.63, 3.8) is 0 Å². The molecular weight excluding hydrogens is 395 g/mol. The summed E-state index contributed by atoms with van der Waals surface area (Å²) < 4.78 is 46.2. The number of benzene rings is 2. The van der Waals surface area contributed by atoms with Gasteiger partial charge in [0.15, 0.2) is 5.88 Å². The third-order valence-electron chi connectivity index (χ3n) is 5.30. The number of H-pyrrole nitrogens is 1. The minimum Gasteiger partial charge on any atom is -0.494 e. The molecule has 0 radical (unpaired) electrons. The number of para-hydroxylation sites is 1. The first-order valence-corrected chi connectivity index (χ1v) is 9.78. The van der Waals surface area contributed by atoms with E-state index in [9.17, 15) is 18.3 Å². The van der Waals surface area contributed by atoms with Crippen molar-refractivity contribution in [2.45, 2.75) is 19.0 Å². The second-order valence-electron chi connectivity index (χ2n) is 7.36. The summed E-state index contributed by atoms with van der Waals surface area (Å²) in [5, 5.41) is 13.8. The number of anilines is 1. The first-order valence-electron chi connectivity index (χ1n) is 9.78. The summed E-state index contributed by atoms with van der Waals surface area (Å²) in [5.74, 6) is 0.216. The number of aromatic amines is 1. The predicted molar refractivity (Wildman–Crippen MR) is 111 cm³/mol. The number of ether oxygens (including phenoxy) is 1. The normalized spacial score (nSPS) is 15.8. The van der Waals surface area contributed by atoms with Gasteiger partial charge in [0.05, 0.1) is 16.8 Å². The number of alkyl halides is 3. The molecule has 8 heteroatoms. The number of rotatable bonds is 5. The monoisotopic (exact) mass is 417 g/mol. The lowest BCUT2D eigenvalue weighted by Gasteiger charge is -2.23. The van der Waals surface area contributed by atoms with E-state index in [-0.39, 0.29) is 17.3 Å². The van der Waals surface area contributed by atoms with Gasteiger partial charge < -0.3 is 20.1 Å². The third kappa shape index (κ3) is 4.43. The molecule has 0 aliphatic carbocycles. The zero-order valence-corrected chi connectivity index (χ0v) is 16.2. The highest BCUT2D eigenvalue weighted by molar-refractivity contribution is 6.02. The van der Waals surface area contributed by atoms with Crippen molar-refractivity contribution >= 4 is 28.5 Å². The maximum absolute atomic E-state index is 13.6. The summed E-state index contributed by atoms with van der Waals surface area (Å²) in [6, 6.07) is 11.2. The number of halogens is 3. The van der Waals surface area contributed by atoms with Gasteiger partial charge in [0.2, 0.25) is 0 Å². The third-order valence-corrected chi connectivity index (χ3v) is 5.30. The van der Waals surface area contributed by atoms with Gasteiger partial charge >= 0.3 is 6.18 Å². The van der Waals surface area contributed by atoms with Crippen molar-refractivity contribution in [1.29, 1.82) is 0 Å². The summed E-state index contributed by atoms with van der Waals surface area (Å²) >= 11 is 0. The Balaban J connectivity index is 1.58. The molecule has 0 spiro atoms. The number of aliphatic imine (C=N–C) groups is 1. The molecule has 1 saturated heterocycles. The fourth-order valence-corrected chi connectivity index (χ4v) is 3.63. The van der Waals surface area contributed by atoms with E-state index in [1.807, 2.05) is 12.1 Å². The van der Waals surface area contributed by atoms with Crippen LogP contribution >= 0.6 is 0 Å². The summed E-state index contributed by atoms with van der Waals surface area (Å²) in [5.41, 5.74) is 0.597. The Morgan fingerprint density at radius 3 is 2.70 bits per heavy atom. The molecule has 1 aromatic heterocycles. The van der Waals surface area contributed by atoms with Gasteiger partial charge in [-0.05, 0) is 43.0 Å². The molecule has 0 amide bonds. The molecule has 2 heterocycles. The first kappa shape index (κ1) is 20.3. The number of aromatic nitrogens is 1. The fourth-order valence-electron chi connectivity index (χ4n) is 3.63. The van der Waals surface area contributed by atoms with E-state index in [4.69, 9.17) is 4.74 Å².